The van der Waals surface area contributed by atoms with Crippen LogP contribution in [0.15, 0.2) is 36.4 Å². The van der Waals surface area contributed by atoms with Crippen molar-refractivity contribution in [3.63, 3.8) is 0 Å². The van der Waals surface area contributed by atoms with Crippen molar-refractivity contribution >= 4 is 23.2 Å². The van der Waals surface area contributed by atoms with Gasteiger partial charge in [0, 0.05) is 12.1 Å². The topological polar surface area (TPSA) is 56.8 Å². The van der Waals surface area contributed by atoms with E-state index < -0.39 is 5.91 Å². The number of fused-ring (bicyclic) bond motifs is 1. The van der Waals surface area contributed by atoms with Crippen LogP contribution in [0.5, 0.6) is 17.2 Å². The van der Waals surface area contributed by atoms with Gasteiger partial charge in [-0.3, -0.25) is 4.79 Å². The Hall–Kier alpha value is -2.47. The van der Waals surface area contributed by atoms with Gasteiger partial charge in [0.05, 0.1) is 10.7 Å². The fraction of sp³-hybridized carbons (Fsp3) is 0.188. The largest absolute Gasteiger partial charge is 0.486 e. The number of rotatable bonds is 4. The third-order valence-electron chi connectivity index (χ3n) is 3.09. The van der Waals surface area contributed by atoms with Gasteiger partial charge in [0.1, 0.15) is 24.8 Å². The van der Waals surface area contributed by atoms with Crippen LogP contribution in [0, 0.1) is 5.82 Å². The zero-order valence-corrected chi connectivity index (χ0v) is 12.7. The van der Waals surface area contributed by atoms with Crippen molar-refractivity contribution in [1.82, 2.24) is 0 Å². The molecule has 0 unspecified atom stereocenters. The lowest BCUT2D eigenvalue weighted by Crippen LogP contribution is -2.21. The predicted molar refractivity (Wildman–Crippen MR) is 83.0 cm³/mol. The molecule has 1 heterocycles. The fourth-order valence-corrected chi connectivity index (χ4v) is 2.23. The number of ether oxygens (including phenoxy) is 3. The van der Waals surface area contributed by atoms with Crippen molar-refractivity contribution in [2.75, 3.05) is 25.1 Å². The molecular formula is C16H13ClFNO4. The average molecular weight is 338 g/mol. The van der Waals surface area contributed by atoms with Gasteiger partial charge >= 0.3 is 0 Å². The molecule has 0 saturated carbocycles. The van der Waals surface area contributed by atoms with Gasteiger partial charge in [-0.15, -0.1) is 0 Å². The SMILES string of the molecule is O=C(COc1ccc(F)cc1)Nc1cc2c(cc1Cl)OCCO2. The first-order chi connectivity index (χ1) is 11.1. The summed E-state index contributed by atoms with van der Waals surface area (Å²) in [6.07, 6.45) is 0. The molecule has 5 nitrogen and oxygen atoms in total. The highest BCUT2D eigenvalue weighted by molar-refractivity contribution is 6.34. The van der Waals surface area contributed by atoms with E-state index in [2.05, 4.69) is 5.32 Å². The van der Waals surface area contributed by atoms with Crippen molar-refractivity contribution in [3.8, 4) is 17.2 Å². The number of hydrogen-bond donors (Lipinski definition) is 1. The molecular weight excluding hydrogens is 325 g/mol. The highest BCUT2D eigenvalue weighted by atomic mass is 35.5. The summed E-state index contributed by atoms with van der Waals surface area (Å²) in [5.74, 6) is 0.699. The van der Waals surface area contributed by atoms with Crippen LogP contribution in [0.4, 0.5) is 10.1 Å². The van der Waals surface area contributed by atoms with Crippen LogP contribution in [0.2, 0.25) is 5.02 Å². The van der Waals surface area contributed by atoms with Crippen LogP contribution < -0.4 is 19.5 Å². The third-order valence-corrected chi connectivity index (χ3v) is 3.40. The summed E-state index contributed by atoms with van der Waals surface area (Å²) in [4.78, 5) is 11.9. The third kappa shape index (κ3) is 3.84. The Bertz CT molecular complexity index is 721. The summed E-state index contributed by atoms with van der Waals surface area (Å²) >= 11 is 6.11. The molecule has 0 radical (unpaired) electrons. The number of halogens is 2. The standard InChI is InChI=1S/C16H13ClFNO4/c17-12-7-14-15(22-6-5-21-14)8-13(12)19-16(20)9-23-11-3-1-10(18)2-4-11/h1-4,7-8H,5-6,9H2,(H,19,20). The van der Waals surface area contributed by atoms with Gasteiger partial charge in [0.25, 0.3) is 5.91 Å². The first-order valence-electron chi connectivity index (χ1n) is 6.89. The Labute approximate surface area is 136 Å². The molecule has 7 heteroatoms. The van der Waals surface area contributed by atoms with Gasteiger partial charge in [0.15, 0.2) is 18.1 Å². The van der Waals surface area contributed by atoms with E-state index in [9.17, 15) is 9.18 Å². The molecule has 0 aromatic heterocycles. The highest BCUT2D eigenvalue weighted by Crippen LogP contribution is 2.37. The molecule has 1 aliphatic heterocycles. The number of hydrogen-bond acceptors (Lipinski definition) is 4. The zero-order valence-electron chi connectivity index (χ0n) is 12.0. The van der Waals surface area contributed by atoms with E-state index in [1.807, 2.05) is 0 Å². The lowest BCUT2D eigenvalue weighted by Gasteiger charge is -2.20. The first kappa shape index (κ1) is 15.4. The molecule has 0 bridgehead atoms. The molecule has 1 aliphatic rings. The van der Waals surface area contributed by atoms with Gasteiger partial charge in [0.2, 0.25) is 0 Å². The lowest BCUT2D eigenvalue weighted by atomic mass is 10.2. The van der Waals surface area contributed by atoms with E-state index >= 15 is 0 Å². The van der Waals surface area contributed by atoms with Gasteiger partial charge in [-0.2, -0.15) is 0 Å². The van der Waals surface area contributed by atoms with E-state index in [4.69, 9.17) is 25.8 Å². The second-order valence-electron chi connectivity index (χ2n) is 4.77. The molecule has 1 N–H and O–H groups in total. The Morgan fingerprint density at radius 2 is 1.83 bits per heavy atom. The Balaban J connectivity index is 1.62. The molecule has 0 spiro atoms. The van der Waals surface area contributed by atoms with Crippen molar-refractivity contribution in [1.29, 1.82) is 0 Å². The highest BCUT2D eigenvalue weighted by Gasteiger charge is 2.16. The molecule has 2 aromatic carbocycles. The number of nitrogens with one attached hydrogen (secondary N) is 1. The minimum Gasteiger partial charge on any atom is -0.486 e. The van der Waals surface area contributed by atoms with Crippen molar-refractivity contribution in [2.45, 2.75) is 0 Å². The summed E-state index contributed by atoms with van der Waals surface area (Å²) in [7, 11) is 0. The number of carbonyl (C=O) groups is 1. The minimum absolute atomic E-state index is 0.226. The quantitative estimate of drug-likeness (QED) is 0.930. The van der Waals surface area contributed by atoms with Crippen LogP contribution in [-0.4, -0.2) is 25.7 Å². The van der Waals surface area contributed by atoms with Crippen molar-refractivity contribution in [2.24, 2.45) is 0 Å². The molecule has 0 aliphatic carbocycles. The smallest absolute Gasteiger partial charge is 0.262 e. The van der Waals surface area contributed by atoms with E-state index in [1.54, 1.807) is 12.1 Å². The predicted octanol–water partition coefficient (Wildman–Crippen LogP) is 3.27. The lowest BCUT2D eigenvalue weighted by molar-refractivity contribution is -0.118. The van der Waals surface area contributed by atoms with E-state index in [0.29, 0.717) is 41.2 Å². The summed E-state index contributed by atoms with van der Waals surface area (Å²) < 4.78 is 28.9. The van der Waals surface area contributed by atoms with E-state index in [-0.39, 0.29) is 12.4 Å². The summed E-state index contributed by atoms with van der Waals surface area (Å²) in [6.45, 7) is 0.673. The number of carbonyl (C=O) groups excluding carboxylic acids is 1. The van der Waals surface area contributed by atoms with E-state index in [0.717, 1.165) is 0 Å². The van der Waals surface area contributed by atoms with Crippen LogP contribution in [-0.2, 0) is 4.79 Å². The van der Waals surface area contributed by atoms with Crippen LogP contribution in [0.25, 0.3) is 0 Å². The molecule has 0 saturated heterocycles. The molecule has 0 atom stereocenters. The maximum absolute atomic E-state index is 12.8. The molecule has 3 rings (SSSR count). The van der Waals surface area contributed by atoms with Gasteiger partial charge in [-0.1, -0.05) is 11.6 Å². The van der Waals surface area contributed by atoms with Gasteiger partial charge < -0.3 is 19.5 Å². The summed E-state index contributed by atoms with van der Waals surface area (Å²) in [5, 5.41) is 2.97. The van der Waals surface area contributed by atoms with Crippen molar-refractivity contribution in [3.05, 3.63) is 47.2 Å². The molecule has 2 aromatic rings. The average Bonchev–Trinajstić information content (AvgIpc) is 2.55. The van der Waals surface area contributed by atoms with Crippen molar-refractivity contribution < 1.29 is 23.4 Å². The molecule has 1 amide bonds. The van der Waals surface area contributed by atoms with Gasteiger partial charge in [-0.25, -0.2) is 4.39 Å². The first-order valence-corrected chi connectivity index (χ1v) is 7.27. The monoisotopic (exact) mass is 337 g/mol. The Morgan fingerprint density at radius 1 is 1.17 bits per heavy atom. The molecule has 0 fully saturated rings. The van der Waals surface area contributed by atoms with E-state index in [1.165, 1.54) is 24.3 Å². The van der Waals surface area contributed by atoms with Crippen LogP contribution in [0.1, 0.15) is 0 Å². The number of benzene rings is 2. The normalized spacial score (nSPS) is 12.6. The zero-order chi connectivity index (χ0) is 16.2. The second-order valence-corrected chi connectivity index (χ2v) is 5.17. The van der Waals surface area contributed by atoms with Crippen LogP contribution in [0.3, 0.4) is 0 Å². The van der Waals surface area contributed by atoms with Gasteiger partial charge in [-0.05, 0) is 24.3 Å². The second kappa shape index (κ2) is 6.75. The number of anilines is 1. The Morgan fingerprint density at radius 3 is 2.52 bits per heavy atom. The Kier molecular flexibility index (Phi) is 4.52. The van der Waals surface area contributed by atoms with Crippen LogP contribution >= 0.6 is 11.6 Å². The fourth-order valence-electron chi connectivity index (χ4n) is 2.03. The molecule has 23 heavy (non-hydrogen) atoms. The summed E-state index contributed by atoms with van der Waals surface area (Å²) in [6, 6.07) is 8.59. The number of amides is 1. The maximum Gasteiger partial charge on any atom is 0.262 e. The summed E-state index contributed by atoms with van der Waals surface area (Å²) in [5.41, 5.74) is 0.406. The maximum atomic E-state index is 12.8. The molecule has 120 valence electrons. The minimum atomic E-state index is -0.395.